The lowest BCUT2D eigenvalue weighted by Crippen LogP contribution is -2.47. The normalized spacial score (nSPS) is 11.8. The topological polar surface area (TPSA) is 143 Å². The Kier molecular flexibility index (Phi) is 16.5. The molecule has 20 heteroatoms. The first-order valence-corrected chi connectivity index (χ1v) is 18.7. The van der Waals surface area contributed by atoms with Gasteiger partial charge in [-0.25, -0.2) is 18.8 Å². The molecule has 0 fully saturated rings. The Labute approximate surface area is 318 Å². The first-order chi connectivity index (χ1) is 25.0. The smallest absolute Gasteiger partial charge is 0.422 e. The second kappa shape index (κ2) is 19.4. The van der Waals surface area contributed by atoms with Gasteiger partial charge in [0.1, 0.15) is 18.0 Å². The van der Waals surface area contributed by atoms with Crippen molar-refractivity contribution in [3.8, 4) is 0 Å². The Morgan fingerprint density at radius 1 is 0.926 bits per heavy atom. The Hall–Kier alpha value is -4.20. The highest BCUT2D eigenvalue weighted by molar-refractivity contribution is 7.97. The molecule has 0 bridgehead atoms. The number of nitrogens with zero attached hydrogens (tertiary/aromatic N) is 2. The third-order valence-electron chi connectivity index (χ3n) is 6.32. The molecule has 0 aliphatic rings. The van der Waals surface area contributed by atoms with Gasteiger partial charge in [0, 0.05) is 4.90 Å². The Balaban J connectivity index is 0.000000357. The van der Waals surface area contributed by atoms with Gasteiger partial charge in [-0.15, -0.1) is 0 Å². The molecule has 0 spiro atoms. The van der Waals surface area contributed by atoms with Crippen LogP contribution in [-0.2, 0) is 43.4 Å². The minimum Gasteiger partial charge on any atom is -0.465 e. The van der Waals surface area contributed by atoms with Crippen LogP contribution in [-0.4, -0.2) is 49.2 Å². The molecule has 298 valence electrons. The number of rotatable bonds is 10. The highest BCUT2D eigenvalue weighted by atomic mass is 35.5. The molecule has 4 rings (SSSR count). The van der Waals surface area contributed by atoms with E-state index < -0.39 is 57.9 Å². The molecule has 54 heavy (non-hydrogen) atoms. The van der Waals surface area contributed by atoms with Crippen molar-refractivity contribution < 1.29 is 53.8 Å². The highest BCUT2D eigenvalue weighted by Crippen LogP contribution is 2.32. The molecule has 0 saturated heterocycles. The minimum absolute atomic E-state index is 0.0291. The van der Waals surface area contributed by atoms with Crippen molar-refractivity contribution in [2.24, 2.45) is 0 Å². The number of imidazole rings is 1. The van der Waals surface area contributed by atoms with Crippen LogP contribution in [0.4, 0.5) is 36.8 Å². The standard InChI is InChI=1S/C16H23ClN2O6S.C16H11F6N3S.C2H6/c1-6-24-14(20)10-19(13-8-7-11(2)9-12(13)17)26(22,23)18-15(21)25-16(3,4)5;17-15(18,19)9-1-4-11(5-2-9)26-23-8-14-24-12-6-3-10(16(20,21)22)7-13(12)25-14;1-2/h7-9H,6,10H2,1-5H3,(H,18,21);1-7,23H,8H2,(H,24,25);1-2H3. The van der Waals surface area contributed by atoms with Crippen LogP contribution in [0.15, 0.2) is 65.6 Å². The van der Waals surface area contributed by atoms with Crippen LogP contribution in [0.3, 0.4) is 0 Å². The molecule has 4 aromatic rings. The zero-order valence-electron chi connectivity index (χ0n) is 30.2. The predicted molar refractivity (Wildman–Crippen MR) is 195 cm³/mol. The Bertz CT molecular complexity index is 1970. The fraction of sp³-hybridized carbons (Fsp3) is 0.382. The van der Waals surface area contributed by atoms with Gasteiger partial charge >= 0.3 is 34.6 Å². The summed E-state index contributed by atoms with van der Waals surface area (Å²) in [5.74, 6) is -0.377. The summed E-state index contributed by atoms with van der Waals surface area (Å²) in [6, 6.07) is 12.4. The summed E-state index contributed by atoms with van der Waals surface area (Å²) < 4.78 is 116. The number of aryl methyl sites for hydroxylation is 1. The van der Waals surface area contributed by atoms with E-state index in [1.54, 1.807) is 45.4 Å². The zero-order valence-corrected chi connectivity index (χ0v) is 32.6. The number of benzene rings is 3. The molecule has 1 amide bonds. The average Bonchev–Trinajstić information content (AvgIpc) is 3.46. The van der Waals surface area contributed by atoms with Gasteiger partial charge in [-0.2, -0.15) is 34.8 Å². The van der Waals surface area contributed by atoms with Crippen molar-refractivity contribution in [1.29, 1.82) is 0 Å². The van der Waals surface area contributed by atoms with Gasteiger partial charge in [0.25, 0.3) is 0 Å². The Morgan fingerprint density at radius 2 is 1.52 bits per heavy atom. The molecular weight excluding hydrogens is 788 g/mol. The van der Waals surface area contributed by atoms with Crippen molar-refractivity contribution >= 4 is 62.5 Å². The van der Waals surface area contributed by atoms with E-state index in [4.69, 9.17) is 21.1 Å². The number of fused-ring (bicyclic) bond motifs is 1. The molecule has 1 heterocycles. The van der Waals surface area contributed by atoms with E-state index in [0.29, 0.717) is 20.5 Å². The average molecular weight is 828 g/mol. The summed E-state index contributed by atoms with van der Waals surface area (Å²) in [6.07, 6.45) is -9.99. The minimum atomic E-state index is -4.47. The van der Waals surface area contributed by atoms with Crippen LogP contribution in [0.2, 0.25) is 5.02 Å². The summed E-state index contributed by atoms with van der Waals surface area (Å²) in [5, 5.41) is 0.101. The number of aromatic nitrogens is 2. The number of carbonyl (C=O) groups is 2. The second-order valence-electron chi connectivity index (χ2n) is 11.7. The van der Waals surface area contributed by atoms with E-state index in [2.05, 4.69) is 14.7 Å². The lowest BCUT2D eigenvalue weighted by atomic mass is 10.2. The molecule has 0 aliphatic heterocycles. The van der Waals surface area contributed by atoms with Crippen LogP contribution in [0, 0.1) is 6.92 Å². The number of hydrogen-bond donors (Lipinski definition) is 3. The maximum atomic E-state index is 12.7. The summed E-state index contributed by atoms with van der Waals surface area (Å²) in [4.78, 5) is 31.2. The Morgan fingerprint density at radius 3 is 2.06 bits per heavy atom. The van der Waals surface area contributed by atoms with Gasteiger partial charge in [0.05, 0.1) is 46.0 Å². The fourth-order valence-corrected chi connectivity index (χ4v) is 6.21. The van der Waals surface area contributed by atoms with Gasteiger partial charge in [0.15, 0.2) is 0 Å². The number of alkyl halides is 6. The predicted octanol–water partition coefficient (Wildman–Crippen LogP) is 9.21. The van der Waals surface area contributed by atoms with Crippen molar-refractivity contribution in [3.05, 3.63) is 88.2 Å². The molecule has 0 saturated carbocycles. The number of H-pyrrole nitrogens is 1. The van der Waals surface area contributed by atoms with E-state index >= 15 is 0 Å². The maximum absolute atomic E-state index is 12.7. The molecule has 0 radical (unpaired) electrons. The summed E-state index contributed by atoms with van der Waals surface area (Å²) in [7, 11) is -4.47. The molecule has 3 N–H and O–H groups in total. The van der Waals surface area contributed by atoms with Crippen molar-refractivity contribution in [1.82, 2.24) is 19.4 Å². The number of aromatic amines is 1. The quantitative estimate of drug-likeness (QED) is 0.0810. The summed E-state index contributed by atoms with van der Waals surface area (Å²) in [5.41, 5.74) is -0.918. The lowest BCUT2D eigenvalue weighted by molar-refractivity contribution is -0.141. The molecule has 0 atom stereocenters. The fourth-order valence-electron chi connectivity index (χ4n) is 4.12. The molecule has 0 aliphatic carbocycles. The number of nitrogens with one attached hydrogen (secondary N) is 3. The zero-order chi connectivity index (χ0) is 41.1. The largest absolute Gasteiger partial charge is 0.465 e. The van der Waals surface area contributed by atoms with Crippen molar-refractivity contribution in [3.63, 3.8) is 0 Å². The first kappa shape index (κ1) is 46.0. The first-order valence-electron chi connectivity index (χ1n) is 16.1. The number of carbonyl (C=O) groups excluding carboxylic acids is 2. The summed E-state index contributed by atoms with van der Waals surface area (Å²) in [6.45, 7) is 11.8. The van der Waals surface area contributed by atoms with Crippen LogP contribution in [0.25, 0.3) is 11.0 Å². The van der Waals surface area contributed by atoms with E-state index in [0.717, 1.165) is 41.8 Å². The van der Waals surface area contributed by atoms with Gasteiger partial charge in [-0.1, -0.05) is 31.5 Å². The van der Waals surface area contributed by atoms with E-state index in [-0.39, 0.29) is 29.4 Å². The lowest BCUT2D eigenvalue weighted by Gasteiger charge is -2.26. The number of hydrogen-bond acceptors (Lipinski definition) is 9. The monoisotopic (exact) mass is 827 g/mol. The van der Waals surface area contributed by atoms with Crippen LogP contribution >= 0.6 is 23.5 Å². The third kappa shape index (κ3) is 14.6. The van der Waals surface area contributed by atoms with Crippen LogP contribution < -0.4 is 13.7 Å². The number of anilines is 1. The van der Waals surface area contributed by atoms with Gasteiger partial charge < -0.3 is 14.5 Å². The second-order valence-corrected chi connectivity index (χ2v) is 14.7. The van der Waals surface area contributed by atoms with Crippen LogP contribution in [0.1, 0.15) is 64.1 Å². The number of esters is 1. The maximum Gasteiger partial charge on any atom is 0.422 e. The van der Waals surface area contributed by atoms with Crippen molar-refractivity contribution in [2.75, 3.05) is 17.5 Å². The number of halogens is 7. The van der Waals surface area contributed by atoms with E-state index in [9.17, 15) is 44.3 Å². The van der Waals surface area contributed by atoms with Gasteiger partial charge in [0.2, 0.25) is 0 Å². The van der Waals surface area contributed by atoms with Crippen LogP contribution in [0.5, 0.6) is 0 Å². The van der Waals surface area contributed by atoms with Gasteiger partial charge in [-0.05, 0) is 107 Å². The molecule has 11 nitrogen and oxygen atoms in total. The molecule has 1 aromatic heterocycles. The SMILES string of the molecule is CC.CCOC(=O)CN(c1ccc(C)cc1Cl)S(=O)(=O)NC(=O)OC(C)(C)C.FC(F)(F)c1ccc(SNCc2nc3ccc(C(F)(F)F)cc3[nH]2)cc1. The number of amides is 1. The van der Waals surface area contributed by atoms with E-state index in [1.165, 1.54) is 30.3 Å². The highest BCUT2D eigenvalue weighted by Gasteiger charge is 2.32. The summed E-state index contributed by atoms with van der Waals surface area (Å²) >= 11 is 7.23. The number of ether oxygens (including phenoxy) is 2. The third-order valence-corrected chi connectivity index (χ3v) is 8.75. The molecule has 3 aromatic carbocycles. The van der Waals surface area contributed by atoms with Crippen molar-refractivity contribution in [2.45, 2.75) is 77.9 Å². The van der Waals surface area contributed by atoms with Gasteiger partial charge in [-0.3, -0.25) is 9.52 Å². The van der Waals surface area contributed by atoms with E-state index in [1.807, 2.05) is 13.8 Å². The molecule has 0 unspecified atom stereocenters. The molecular formula is C34H40ClF6N5O6S2.